The minimum Gasteiger partial charge on any atom is -0.368 e. The molecule has 6 heteroatoms. The number of hydrogen-bond acceptors (Lipinski definition) is 3. The molecular formula is C13H13BrFN3O. The lowest BCUT2D eigenvalue weighted by atomic mass is 10.1. The van der Waals surface area contributed by atoms with Gasteiger partial charge in [0.2, 0.25) is 0 Å². The Morgan fingerprint density at radius 3 is 3.11 bits per heavy atom. The van der Waals surface area contributed by atoms with E-state index in [0.29, 0.717) is 28.6 Å². The number of aromatic nitrogens is 2. The Morgan fingerprint density at radius 2 is 2.37 bits per heavy atom. The van der Waals surface area contributed by atoms with Gasteiger partial charge < -0.3 is 5.32 Å². The number of anilines is 1. The second kappa shape index (κ2) is 4.59. The number of rotatable bonds is 1. The number of fused-ring (bicyclic) bond motifs is 3. The largest absolute Gasteiger partial charge is 0.368 e. The third kappa shape index (κ3) is 1.94. The highest BCUT2D eigenvalue weighted by atomic mass is 79.9. The van der Waals surface area contributed by atoms with Crippen molar-refractivity contribution in [2.75, 3.05) is 5.32 Å². The molecule has 0 aliphatic carbocycles. The van der Waals surface area contributed by atoms with Crippen LogP contribution in [0.25, 0.3) is 10.9 Å². The van der Waals surface area contributed by atoms with Crippen LogP contribution in [-0.2, 0) is 11.9 Å². The lowest BCUT2D eigenvalue weighted by Crippen LogP contribution is -2.35. The van der Waals surface area contributed by atoms with E-state index in [9.17, 15) is 9.18 Å². The molecule has 0 unspecified atom stereocenters. The van der Waals surface area contributed by atoms with Crippen molar-refractivity contribution in [2.45, 2.75) is 31.3 Å². The molecule has 4 nitrogen and oxygen atoms in total. The van der Waals surface area contributed by atoms with Crippen LogP contribution in [0.2, 0.25) is 0 Å². The van der Waals surface area contributed by atoms with Gasteiger partial charge in [-0.05, 0) is 19.4 Å². The molecule has 2 aromatic rings. The average molecular weight is 326 g/mol. The minimum atomic E-state index is -0.421. The molecule has 0 saturated carbocycles. The zero-order valence-corrected chi connectivity index (χ0v) is 12.0. The van der Waals surface area contributed by atoms with E-state index < -0.39 is 11.5 Å². The summed E-state index contributed by atoms with van der Waals surface area (Å²) in [7, 11) is 0. The average Bonchev–Trinajstić information content (AvgIpc) is 2.40. The maximum atomic E-state index is 14.2. The second-order valence-electron chi connectivity index (χ2n) is 4.80. The van der Waals surface area contributed by atoms with Gasteiger partial charge in [-0.1, -0.05) is 22.0 Å². The van der Waals surface area contributed by atoms with Crippen molar-refractivity contribution in [2.24, 2.45) is 0 Å². The first-order valence-corrected chi connectivity index (χ1v) is 7.28. The van der Waals surface area contributed by atoms with Crippen LogP contribution >= 0.6 is 15.9 Å². The van der Waals surface area contributed by atoms with Gasteiger partial charge in [0.1, 0.15) is 11.3 Å². The zero-order chi connectivity index (χ0) is 13.6. The van der Waals surface area contributed by atoms with E-state index in [1.54, 1.807) is 10.6 Å². The van der Waals surface area contributed by atoms with Crippen LogP contribution < -0.4 is 11.0 Å². The van der Waals surface area contributed by atoms with Gasteiger partial charge in [0.15, 0.2) is 5.82 Å². The Kier molecular flexibility index (Phi) is 3.05. The van der Waals surface area contributed by atoms with Gasteiger partial charge in [-0.2, -0.15) is 4.98 Å². The quantitative estimate of drug-likeness (QED) is 0.820. The molecule has 19 heavy (non-hydrogen) atoms. The summed E-state index contributed by atoms with van der Waals surface area (Å²) in [5.74, 6) is 0.253. The van der Waals surface area contributed by atoms with Crippen LogP contribution in [0.5, 0.6) is 0 Å². The summed E-state index contributed by atoms with van der Waals surface area (Å²) >= 11 is 3.23. The van der Waals surface area contributed by atoms with Crippen molar-refractivity contribution >= 4 is 32.7 Å². The van der Waals surface area contributed by atoms with Gasteiger partial charge in [-0.3, -0.25) is 4.57 Å². The van der Waals surface area contributed by atoms with Crippen LogP contribution in [0.4, 0.5) is 10.2 Å². The number of alkyl halides is 1. The highest BCUT2D eigenvalue weighted by Gasteiger charge is 2.20. The van der Waals surface area contributed by atoms with Crippen LogP contribution in [0.3, 0.4) is 0 Å². The smallest absolute Gasteiger partial charge is 0.349 e. The number of benzene rings is 1. The van der Waals surface area contributed by atoms with Gasteiger partial charge in [-0.15, -0.1) is 0 Å². The molecule has 3 rings (SSSR count). The summed E-state index contributed by atoms with van der Waals surface area (Å²) < 4.78 is 15.8. The highest BCUT2D eigenvalue weighted by Crippen LogP contribution is 2.28. The maximum Gasteiger partial charge on any atom is 0.349 e. The van der Waals surface area contributed by atoms with Crippen molar-refractivity contribution in [1.82, 2.24) is 9.55 Å². The van der Waals surface area contributed by atoms with Crippen LogP contribution in [-0.4, -0.2) is 15.6 Å². The monoisotopic (exact) mass is 325 g/mol. The number of halogens is 2. The van der Waals surface area contributed by atoms with E-state index >= 15 is 0 Å². The van der Waals surface area contributed by atoms with E-state index in [1.807, 2.05) is 13.0 Å². The lowest BCUT2D eigenvalue weighted by molar-refractivity contribution is 0.534. The Bertz CT molecular complexity index is 713. The molecule has 2 heterocycles. The molecular weight excluding hydrogens is 313 g/mol. The maximum absolute atomic E-state index is 14.2. The highest BCUT2D eigenvalue weighted by molar-refractivity contribution is 9.08. The molecule has 0 fully saturated rings. The zero-order valence-electron chi connectivity index (χ0n) is 10.4. The van der Waals surface area contributed by atoms with Crippen molar-refractivity contribution < 1.29 is 4.39 Å². The Hall–Kier alpha value is -1.43. The van der Waals surface area contributed by atoms with Crippen LogP contribution in [0.1, 0.15) is 18.9 Å². The van der Waals surface area contributed by atoms with E-state index in [4.69, 9.17) is 0 Å². The van der Waals surface area contributed by atoms with Gasteiger partial charge in [0, 0.05) is 28.9 Å². The summed E-state index contributed by atoms with van der Waals surface area (Å²) in [4.78, 5) is 15.9. The first-order chi connectivity index (χ1) is 9.11. The van der Waals surface area contributed by atoms with E-state index in [2.05, 4.69) is 26.2 Å². The summed E-state index contributed by atoms with van der Waals surface area (Å²) in [6, 6.07) is 3.81. The summed E-state index contributed by atoms with van der Waals surface area (Å²) in [6.07, 6.45) is 0.863. The predicted molar refractivity (Wildman–Crippen MR) is 76.3 cm³/mol. The van der Waals surface area contributed by atoms with Crippen molar-refractivity contribution in [1.29, 1.82) is 0 Å². The standard InChI is InChI=1S/C13H13BrFN3O/c1-7-4-5-18-12(16-7)9-3-2-8(6-14)10(15)11(9)17-13(18)19/h2-3,7,16H,4-6H2,1H3/t7-/m0/s1. The third-order valence-corrected chi connectivity index (χ3v) is 4.08. The molecule has 0 bridgehead atoms. The number of nitrogens with zero attached hydrogens (tertiary/aromatic N) is 2. The predicted octanol–water partition coefficient (Wildman–Crippen LogP) is 2.63. The summed E-state index contributed by atoms with van der Waals surface area (Å²) in [5, 5.41) is 4.31. The molecule has 1 aromatic heterocycles. The van der Waals surface area contributed by atoms with Gasteiger partial charge >= 0.3 is 5.69 Å². The molecule has 100 valence electrons. The first kappa shape index (κ1) is 12.6. The lowest BCUT2D eigenvalue weighted by Gasteiger charge is -2.26. The molecule has 0 saturated heterocycles. The molecule has 1 aliphatic heterocycles. The topological polar surface area (TPSA) is 46.9 Å². The van der Waals surface area contributed by atoms with Crippen LogP contribution in [0, 0.1) is 5.82 Å². The van der Waals surface area contributed by atoms with Crippen molar-refractivity contribution in [3.8, 4) is 0 Å². The molecule has 1 aromatic carbocycles. The summed E-state index contributed by atoms with van der Waals surface area (Å²) in [6.45, 7) is 2.66. The molecule has 1 aliphatic rings. The SMILES string of the molecule is C[C@H]1CCn2c(c3ccc(CBr)c(F)c3nc2=O)N1. The van der Waals surface area contributed by atoms with Crippen molar-refractivity contribution in [3.63, 3.8) is 0 Å². The Balaban J connectivity index is 2.37. The molecule has 1 atom stereocenters. The number of hydrogen-bond donors (Lipinski definition) is 1. The Labute approximate surface area is 117 Å². The molecule has 0 amide bonds. The second-order valence-corrected chi connectivity index (χ2v) is 5.36. The van der Waals surface area contributed by atoms with E-state index in [-0.39, 0.29) is 11.6 Å². The Morgan fingerprint density at radius 1 is 1.58 bits per heavy atom. The fourth-order valence-corrected chi connectivity index (χ4v) is 2.83. The fourth-order valence-electron chi connectivity index (χ4n) is 2.40. The summed E-state index contributed by atoms with van der Waals surface area (Å²) in [5.41, 5.74) is 0.260. The van der Waals surface area contributed by atoms with E-state index in [1.165, 1.54) is 0 Å². The normalized spacial score (nSPS) is 18.2. The van der Waals surface area contributed by atoms with E-state index in [0.717, 1.165) is 6.42 Å². The molecule has 0 spiro atoms. The molecule has 1 N–H and O–H groups in total. The first-order valence-electron chi connectivity index (χ1n) is 6.16. The number of nitrogens with one attached hydrogen (secondary N) is 1. The fraction of sp³-hybridized carbons (Fsp3) is 0.385. The minimum absolute atomic E-state index is 0.148. The van der Waals surface area contributed by atoms with Gasteiger partial charge in [0.25, 0.3) is 0 Å². The van der Waals surface area contributed by atoms with Gasteiger partial charge in [-0.25, -0.2) is 9.18 Å². The third-order valence-electron chi connectivity index (χ3n) is 3.47. The molecule has 0 radical (unpaired) electrons. The van der Waals surface area contributed by atoms with Crippen LogP contribution in [0.15, 0.2) is 16.9 Å². The van der Waals surface area contributed by atoms with Crippen molar-refractivity contribution in [3.05, 3.63) is 34.0 Å². The van der Waals surface area contributed by atoms with Gasteiger partial charge in [0.05, 0.1) is 0 Å².